The van der Waals surface area contributed by atoms with Gasteiger partial charge in [-0.25, -0.2) is 0 Å². The Balaban J connectivity index is 1.51. The van der Waals surface area contributed by atoms with Crippen molar-refractivity contribution in [1.29, 1.82) is 0 Å². The number of ether oxygens (including phenoxy) is 1. The number of nitrogens with one attached hydrogen (secondary N) is 2. The lowest BCUT2D eigenvalue weighted by Crippen LogP contribution is -2.22. The first-order chi connectivity index (χ1) is 9.42. The van der Waals surface area contributed by atoms with Gasteiger partial charge in [-0.2, -0.15) is 5.10 Å². The third-order valence-corrected chi connectivity index (χ3v) is 3.55. The lowest BCUT2D eigenvalue weighted by atomic mass is 10.1. The fourth-order valence-electron chi connectivity index (χ4n) is 2.38. The molecule has 2 N–H and O–H groups in total. The molecule has 1 aromatic heterocycles. The molecule has 2 aromatic rings. The van der Waals surface area contributed by atoms with Crippen LogP contribution in [-0.4, -0.2) is 30.0 Å². The molecule has 1 saturated heterocycles. The second-order valence-corrected chi connectivity index (χ2v) is 5.03. The molecule has 1 fully saturated rings. The van der Waals surface area contributed by atoms with Crippen molar-refractivity contribution in [3.05, 3.63) is 42.1 Å². The van der Waals surface area contributed by atoms with Crippen LogP contribution in [0.1, 0.15) is 12.0 Å². The van der Waals surface area contributed by atoms with Gasteiger partial charge in [-0.05, 0) is 29.5 Å². The molecule has 2 heterocycles. The van der Waals surface area contributed by atoms with Gasteiger partial charge in [-0.3, -0.25) is 5.10 Å². The Kier molecular flexibility index (Phi) is 3.91. The topological polar surface area (TPSA) is 49.9 Å². The smallest absolute Gasteiger partial charge is 0.0650 e. The molecule has 1 atom stereocenters. The first-order valence-electron chi connectivity index (χ1n) is 6.79. The minimum atomic E-state index is 0.685. The molecule has 0 bridgehead atoms. The minimum Gasteiger partial charge on any atom is -0.381 e. The van der Waals surface area contributed by atoms with Gasteiger partial charge in [-0.1, -0.05) is 24.3 Å². The third-order valence-electron chi connectivity index (χ3n) is 3.55. The number of hydrogen-bond acceptors (Lipinski definition) is 3. The highest BCUT2D eigenvalue weighted by molar-refractivity contribution is 5.58. The predicted molar refractivity (Wildman–Crippen MR) is 74.7 cm³/mol. The van der Waals surface area contributed by atoms with Crippen molar-refractivity contribution in [3.8, 4) is 11.3 Å². The van der Waals surface area contributed by atoms with Crippen molar-refractivity contribution in [2.24, 2.45) is 5.92 Å². The largest absolute Gasteiger partial charge is 0.381 e. The first-order valence-corrected chi connectivity index (χ1v) is 6.79. The summed E-state index contributed by atoms with van der Waals surface area (Å²) in [5.41, 5.74) is 3.54. The molecule has 3 rings (SSSR count). The number of hydrogen-bond donors (Lipinski definition) is 2. The summed E-state index contributed by atoms with van der Waals surface area (Å²) in [4.78, 5) is 0. The van der Waals surface area contributed by atoms with E-state index in [2.05, 4.69) is 39.8 Å². The average molecular weight is 257 g/mol. The zero-order chi connectivity index (χ0) is 12.9. The predicted octanol–water partition coefficient (Wildman–Crippen LogP) is 2.20. The number of nitrogens with zero attached hydrogens (tertiary/aromatic N) is 1. The maximum atomic E-state index is 5.37. The monoisotopic (exact) mass is 257 g/mol. The van der Waals surface area contributed by atoms with Gasteiger partial charge in [0.05, 0.1) is 12.3 Å². The van der Waals surface area contributed by atoms with E-state index in [9.17, 15) is 0 Å². The van der Waals surface area contributed by atoms with Crippen LogP contribution in [0.4, 0.5) is 0 Å². The Labute approximate surface area is 113 Å². The van der Waals surface area contributed by atoms with Crippen LogP contribution in [0.2, 0.25) is 0 Å². The Hall–Kier alpha value is -1.65. The van der Waals surface area contributed by atoms with Crippen molar-refractivity contribution in [2.45, 2.75) is 13.0 Å². The minimum absolute atomic E-state index is 0.685. The van der Waals surface area contributed by atoms with Gasteiger partial charge in [0.15, 0.2) is 0 Å². The molecule has 0 saturated carbocycles. The van der Waals surface area contributed by atoms with Gasteiger partial charge in [0.2, 0.25) is 0 Å². The van der Waals surface area contributed by atoms with Crippen LogP contribution >= 0.6 is 0 Å². The van der Waals surface area contributed by atoms with Gasteiger partial charge < -0.3 is 10.1 Å². The van der Waals surface area contributed by atoms with Crippen LogP contribution in [0.5, 0.6) is 0 Å². The van der Waals surface area contributed by atoms with E-state index in [-0.39, 0.29) is 0 Å². The highest BCUT2D eigenvalue weighted by Gasteiger charge is 2.14. The van der Waals surface area contributed by atoms with Crippen molar-refractivity contribution < 1.29 is 4.74 Å². The number of rotatable bonds is 5. The lowest BCUT2D eigenvalue weighted by molar-refractivity contribution is 0.185. The molecule has 0 radical (unpaired) electrons. The SMILES string of the molecule is c1cc(-c2ccc(CNCC3CCOC3)cc2)[nH]n1. The summed E-state index contributed by atoms with van der Waals surface area (Å²) < 4.78 is 5.37. The molecule has 19 heavy (non-hydrogen) atoms. The number of H-pyrrole nitrogens is 1. The molecular weight excluding hydrogens is 238 g/mol. The van der Waals surface area contributed by atoms with Gasteiger partial charge in [0.1, 0.15) is 0 Å². The second kappa shape index (κ2) is 5.99. The van der Waals surface area contributed by atoms with Crippen molar-refractivity contribution in [3.63, 3.8) is 0 Å². The van der Waals surface area contributed by atoms with Crippen LogP contribution in [0.3, 0.4) is 0 Å². The van der Waals surface area contributed by atoms with E-state index in [0.29, 0.717) is 5.92 Å². The molecule has 1 aliphatic rings. The summed E-state index contributed by atoms with van der Waals surface area (Å²) in [5.74, 6) is 0.685. The normalized spacial score (nSPS) is 18.8. The highest BCUT2D eigenvalue weighted by Crippen LogP contribution is 2.16. The summed E-state index contributed by atoms with van der Waals surface area (Å²) >= 11 is 0. The number of benzene rings is 1. The van der Waals surface area contributed by atoms with Gasteiger partial charge in [0.25, 0.3) is 0 Å². The van der Waals surface area contributed by atoms with Gasteiger partial charge >= 0.3 is 0 Å². The molecule has 0 amide bonds. The molecule has 4 nitrogen and oxygen atoms in total. The molecule has 100 valence electrons. The fourth-order valence-corrected chi connectivity index (χ4v) is 2.38. The fraction of sp³-hybridized carbons (Fsp3) is 0.400. The number of aromatic amines is 1. The highest BCUT2D eigenvalue weighted by atomic mass is 16.5. The Morgan fingerprint density at radius 3 is 2.84 bits per heavy atom. The molecule has 4 heteroatoms. The molecule has 1 aliphatic heterocycles. The average Bonchev–Trinajstić information content (AvgIpc) is 3.13. The van der Waals surface area contributed by atoms with Crippen molar-refractivity contribution in [2.75, 3.05) is 19.8 Å². The zero-order valence-electron chi connectivity index (χ0n) is 10.9. The molecule has 1 unspecified atom stereocenters. The molecular formula is C15H19N3O. The summed E-state index contributed by atoms with van der Waals surface area (Å²) in [6, 6.07) is 10.6. The van der Waals surface area contributed by atoms with E-state index in [1.807, 2.05) is 6.07 Å². The van der Waals surface area contributed by atoms with Gasteiger partial charge in [-0.15, -0.1) is 0 Å². The number of aromatic nitrogens is 2. The van der Waals surface area contributed by atoms with Crippen LogP contribution in [0.15, 0.2) is 36.5 Å². The maximum Gasteiger partial charge on any atom is 0.0650 e. The summed E-state index contributed by atoms with van der Waals surface area (Å²) in [6.07, 6.45) is 2.96. The van der Waals surface area contributed by atoms with E-state index < -0.39 is 0 Å². The summed E-state index contributed by atoms with van der Waals surface area (Å²) in [5, 5.41) is 10.4. The van der Waals surface area contributed by atoms with E-state index >= 15 is 0 Å². The molecule has 0 spiro atoms. The standard InChI is InChI=1S/C15H19N3O/c1-3-14(15-5-7-17-18-15)4-2-12(1)9-16-10-13-6-8-19-11-13/h1-5,7,13,16H,6,8-11H2,(H,17,18). The van der Waals surface area contributed by atoms with E-state index in [4.69, 9.17) is 4.74 Å². The molecule has 1 aromatic carbocycles. The van der Waals surface area contributed by atoms with Crippen molar-refractivity contribution >= 4 is 0 Å². The van der Waals surface area contributed by atoms with E-state index in [1.165, 1.54) is 17.5 Å². The van der Waals surface area contributed by atoms with Crippen LogP contribution in [0, 0.1) is 5.92 Å². The Bertz CT molecular complexity index is 487. The Morgan fingerprint density at radius 1 is 1.26 bits per heavy atom. The van der Waals surface area contributed by atoms with Crippen molar-refractivity contribution in [1.82, 2.24) is 15.5 Å². The van der Waals surface area contributed by atoms with Crippen LogP contribution < -0.4 is 5.32 Å². The Morgan fingerprint density at radius 2 is 2.16 bits per heavy atom. The third kappa shape index (κ3) is 3.22. The quantitative estimate of drug-likeness (QED) is 0.863. The molecule has 0 aliphatic carbocycles. The van der Waals surface area contributed by atoms with Gasteiger partial charge in [0, 0.05) is 25.9 Å². The van der Waals surface area contributed by atoms with Crippen LogP contribution in [-0.2, 0) is 11.3 Å². The summed E-state index contributed by atoms with van der Waals surface area (Å²) in [7, 11) is 0. The van der Waals surface area contributed by atoms with E-state index in [0.717, 1.165) is 32.0 Å². The zero-order valence-corrected chi connectivity index (χ0v) is 10.9. The van der Waals surface area contributed by atoms with E-state index in [1.54, 1.807) is 6.20 Å². The van der Waals surface area contributed by atoms with Crippen LogP contribution in [0.25, 0.3) is 11.3 Å². The summed E-state index contributed by atoms with van der Waals surface area (Å²) in [6.45, 7) is 3.79. The lowest BCUT2D eigenvalue weighted by Gasteiger charge is -2.09. The maximum absolute atomic E-state index is 5.37. The second-order valence-electron chi connectivity index (χ2n) is 5.03. The first kappa shape index (κ1) is 12.4.